The molecule has 9 heteroatoms. The van der Waals surface area contributed by atoms with E-state index >= 15 is 0 Å². The normalized spacial score (nSPS) is 13.1. The maximum atomic E-state index is 13.1. The molecule has 0 fully saturated rings. The van der Waals surface area contributed by atoms with Crippen molar-refractivity contribution in [3.05, 3.63) is 53.0 Å². The topological polar surface area (TPSA) is 60.9 Å². The van der Waals surface area contributed by atoms with E-state index in [1.807, 2.05) is 23.6 Å². The molecule has 1 amide bonds. The monoisotopic (exact) mass is 460 g/mol. The number of alkyl halides is 2. The molecule has 0 saturated heterocycles. The predicted molar refractivity (Wildman–Crippen MR) is 118 cm³/mol. The van der Waals surface area contributed by atoms with Crippen molar-refractivity contribution >= 4 is 22.9 Å². The van der Waals surface area contributed by atoms with Crippen LogP contribution in [0.25, 0.3) is 10.6 Å². The maximum Gasteiger partial charge on any atom is 0.387 e. The molecule has 2 aromatic carbocycles. The van der Waals surface area contributed by atoms with Crippen molar-refractivity contribution in [3.63, 3.8) is 0 Å². The van der Waals surface area contributed by atoms with Crippen LogP contribution in [0.4, 0.5) is 14.5 Å². The van der Waals surface area contributed by atoms with Crippen LogP contribution in [0.15, 0.2) is 41.8 Å². The van der Waals surface area contributed by atoms with Gasteiger partial charge in [-0.3, -0.25) is 4.79 Å². The van der Waals surface area contributed by atoms with Crippen molar-refractivity contribution in [2.75, 3.05) is 25.7 Å². The molecule has 0 bridgehead atoms. The highest BCUT2D eigenvalue weighted by Crippen LogP contribution is 2.38. The number of aromatic nitrogens is 1. The second-order valence-corrected chi connectivity index (χ2v) is 8.04. The van der Waals surface area contributed by atoms with Gasteiger partial charge in [0.05, 0.1) is 32.0 Å². The van der Waals surface area contributed by atoms with E-state index in [4.69, 9.17) is 9.47 Å². The van der Waals surface area contributed by atoms with Crippen molar-refractivity contribution in [1.29, 1.82) is 0 Å². The van der Waals surface area contributed by atoms with E-state index in [1.54, 1.807) is 26.4 Å². The van der Waals surface area contributed by atoms with Crippen molar-refractivity contribution in [1.82, 2.24) is 4.98 Å². The van der Waals surface area contributed by atoms with Crippen molar-refractivity contribution < 1.29 is 27.8 Å². The Labute approximate surface area is 188 Å². The highest BCUT2D eigenvalue weighted by molar-refractivity contribution is 7.13. The van der Waals surface area contributed by atoms with Gasteiger partial charge in [-0.2, -0.15) is 8.78 Å². The number of hydrogen-bond acceptors (Lipinski definition) is 6. The zero-order valence-electron chi connectivity index (χ0n) is 17.6. The minimum absolute atomic E-state index is 0.0230. The van der Waals surface area contributed by atoms with Gasteiger partial charge in [0.2, 0.25) is 5.91 Å². The summed E-state index contributed by atoms with van der Waals surface area (Å²) in [4.78, 5) is 19.2. The number of carbonyl (C=O) groups excluding carboxylic acids is 1. The molecule has 168 valence electrons. The number of fused-ring (bicyclic) bond motifs is 1. The number of benzene rings is 2. The average Bonchev–Trinajstić information content (AvgIpc) is 3.26. The van der Waals surface area contributed by atoms with Crippen LogP contribution < -0.4 is 19.1 Å². The summed E-state index contributed by atoms with van der Waals surface area (Å²) < 4.78 is 41.1. The standard InChI is InChI=1S/C23H22F2N2O4S/c1-29-17-9-8-15(11-19(17)30-2)22-26-16(13-32-22)12-20(28)27-10-4-6-14-5-3-7-18(21(14)27)31-23(24)25/h3,5,7-9,11,13,23H,4,6,10,12H2,1-2H3. The Morgan fingerprint density at radius 3 is 2.72 bits per heavy atom. The number of carbonyl (C=O) groups is 1. The van der Waals surface area contributed by atoms with Gasteiger partial charge in [-0.15, -0.1) is 11.3 Å². The molecule has 0 spiro atoms. The zero-order valence-corrected chi connectivity index (χ0v) is 18.5. The lowest BCUT2D eigenvalue weighted by molar-refractivity contribution is -0.118. The van der Waals surface area contributed by atoms with E-state index in [9.17, 15) is 13.6 Å². The molecular weight excluding hydrogens is 438 g/mol. The minimum atomic E-state index is -2.96. The van der Waals surface area contributed by atoms with E-state index in [2.05, 4.69) is 9.72 Å². The van der Waals surface area contributed by atoms with Gasteiger partial charge in [0.15, 0.2) is 11.5 Å². The second kappa shape index (κ2) is 9.52. The molecule has 0 unspecified atom stereocenters. The van der Waals surface area contributed by atoms with E-state index in [1.165, 1.54) is 22.3 Å². The highest BCUT2D eigenvalue weighted by Gasteiger charge is 2.27. The van der Waals surface area contributed by atoms with Crippen LogP contribution >= 0.6 is 11.3 Å². The number of amides is 1. The summed E-state index contributed by atoms with van der Waals surface area (Å²) in [5.41, 5.74) is 2.72. The van der Waals surface area contributed by atoms with Crippen LogP contribution in [-0.4, -0.2) is 38.3 Å². The minimum Gasteiger partial charge on any atom is -0.493 e. The molecule has 0 atom stereocenters. The number of para-hydroxylation sites is 1. The Kier molecular flexibility index (Phi) is 6.55. The van der Waals surface area contributed by atoms with Crippen molar-refractivity contribution in [3.8, 4) is 27.8 Å². The van der Waals surface area contributed by atoms with Gasteiger partial charge in [0, 0.05) is 17.5 Å². The fourth-order valence-electron chi connectivity index (χ4n) is 3.80. The molecule has 1 aliphatic heterocycles. The van der Waals surface area contributed by atoms with Crippen LogP contribution in [-0.2, 0) is 17.6 Å². The number of methoxy groups -OCH3 is 2. The summed E-state index contributed by atoms with van der Waals surface area (Å²) in [5, 5.41) is 2.57. The number of hydrogen-bond donors (Lipinski definition) is 0. The molecule has 1 aromatic heterocycles. The number of rotatable bonds is 7. The summed E-state index contributed by atoms with van der Waals surface area (Å²) in [6.45, 7) is -2.51. The molecule has 1 aliphatic rings. The summed E-state index contributed by atoms with van der Waals surface area (Å²) in [7, 11) is 3.14. The third kappa shape index (κ3) is 4.52. The van der Waals surface area contributed by atoms with Gasteiger partial charge >= 0.3 is 6.61 Å². The maximum absolute atomic E-state index is 13.1. The lowest BCUT2D eigenvalue weighted by Crippen LogP contribution is -2.37. The lowest BCUT2D eigenvalue weighted by Gasteiger charge is -2.31. The number of thiazole rings is 1. The molecule has 0 N–H and O–H groups in total. The lowest BCUT2D eigenvalue weighted by atomic mass is 10.0. The smallest absolute Gasteiger partial charge is 0.387 e. The largest absolute Gasteiger partial charge is 0.493 e. The van der Waals surface area contributed by atoms with Crippen LogP contribution in [0.3, 0.4) is 0 Å². The first-order valence-corrected chi connectivity index (χ1v) is 10.9. The molecule has 6 nitrogen and oxygen atoms in total. The summed E-state index contributed by atoms with van der Waals surface area (Å²) in [6, 6.07) is 10.5. The van der Waals surface area contributed by atoms with Gasteiger partial charge in [-0.1, -0.05) is 12.1 Å². The third-order valence-electron chi connectivity index (χ3n) is 5.21. The number of anilines is 1. The summed E-state index contributed by atoms with van der Waals surface area (Å²) >= 11 is 1.42. The number of ether oxygens (including phenoxy) is 3. The molecule has 0 saturated carbocycles. The summed E-state index contributed by atoms with van der Waals surface area (Å²) in [5.74, 6) is 1.03. The summed E-state index contributed by atoms with van der Waals surface area (Å²) in [6.07, 6.45) is 1.52. The first kappa shape index (κ1) is 22.0. The average molecular weight is 461 g/mol. The fraction of sp³-hybridized carbons (Fsp3) is 0.304. The molecule has 32 heavy (non-hydrogen) atoms. The molecule has 3 aromatic rings. The van der Waals surface area contributed by atoms with Gasteiger partial charge in [0.1, 0.15) is 10.8 Å². The predicted octanol–water partition coefficient (Wildman–Crippen LogP) is 4.95. The molecule has 4 rings (SSSR count). The Morgan fingerprint density at radius 2 is 1.97 bits per heavy atom. The van der Waals surface area contributed by atoms with Gasteiger partial charge in [-0.25, -0.2) is 4.98 Å². The number of aryl methyl sites for hydroxylation is 1. The fourth-order valence-corrected chi connectivity index (χ4v) is 4.61. The molecule has 0 aliphatic carbocycles. The van der Waals surface area contributed by atoms with E-state index in [0.29, 0.717) is 35.8 Å². The Morgan fingerprint density at radius 1 is 1.16 bits per heavy atom. The van der Waals surface area contributed by atoms with Crippen LogP contribution in [0.1, 0.15) is 17.7 Å². The first-order valence-electron chi connectivity index (χ1n) is 10.0. The van der Waals surface area contributed by atoms with E-state index < -0.39 is 6.61 Å². The SMILES string of the molecule is COc1ccc(-c2nc(CC(=O)N3CCCc4cccc(OC(F)F)c43)cs2)cc1OC. The zero-order chi connectivity index (χ0) is 22.7. The first-order chi connectivity index (χ1) is 15.5. The Balaban J connectivity index is 1.55. The van der Waals surface area contributed by atoms with Crippen molar-refractivity contribution in [2.45, 2.75) is 25.9 Å². The number of nitrogens with zero attached hydrogens (tertiary/aromatic N) is 2. The Hall–Kier alpha value is -3.20. The quantitative estimate of drug-likeness (QED) is 0.499. The molecule has 2 heterocycles. The second-order valence-electron chi connectivity index (χ2n) is 7.18. The van der Waals surface area contributed by atoms with Crippen LogP contribution in [0, 0.1) is 0 Å². The van der Waals surface area contributed by atoms with Crippen molar-refractivity contribution in [2.24, 2.45) is 0 Å². The highest BCUT2D eigenvalue weighted by atomic mass is 32.1. The van der Waals surface area contributed by atoms with Crippen LogP contribution in [0.5, 0.6) is 17.2 Å². The van der Waals surface area contributed by atoms with Gasteiger partial charge in [-0.05, 0) is 42.7 Å². The van der Waals surface area contributed by atoms with Gasteiger partial charge < -0.3 is 19.1 Å². The molecule has 0 radical (unpaired) electrons. The Bertz CT molecular complexity index is 1120. The van der Waals surface area contributed by atoms with Gasteiger partial charge in [0.25, 0.3) is 0 Å². The number of halogens is 2. The van der Waals surface area contributed by atoms with E-state index in [-0.39, 0.29) is 18.1 Å². The third-order valence-corrected chi connectivity index (χ3v) is 6.15. The van der Waals surface area contributed by atoms with E-state index in [0.717, 1.165) is 22.6 Å². The molecular formula is C23H22F2N2O4S. The van der Waals surface area contributed by atoms with Crippen LogP contribution in [0.2, 0.25) is 0 Å².